The van der Waals surface area contributed by atoms with E-state index in [1.807, 2.05) is 26.8 Å². The maximum atomic E-state index is 13.4. The van der Waals surface area contributed by atoms with Crippen molar-refractivity contribution < 1.29 is 4.39 Å². The van der Waals surface area contributed by atoms with Crippen molar-refractivity contribution in [3.8, 4) is 0 Å². The molecule has 2 heteroatoms. The molecule has 0 spiro atoms. The third-order valence-electron chi connectivity index (χ3n) is 1.99. The van der Waals surface area contributed by atoms with Crippen molar-refractivity contribution in [3.63, 3.8) is 0 Å². The lowest BCUT2D eigenvalue weighted by Gasteiger charge is -2.20. The van der Waals surface area contributed by atoms with E-state index in [9.17, 15) is 4.39 Å². The van der Waals surface area contributed by atoms with Gasteiger partial charge in [0.1, 0.15) is 5.82 Å². The maximum Gasteiger partial charge on any atom is 0.126 e. The van der Waals surface area contributed by atoms with Crippen molar-refractivity contribution in [3.05, 3.63) is 35.1 Å². The molecule has 0 aliphatic rings. The van der Waals surface area contributed by atoms with Crippen LogP contribution in [0.2, 0.25) is 0 Å². The van der Waals surface area contributed by atoms with Gasteiger partial charge in [-0.05, 0) is 22.6 Å². The first-order valence-corrected chi connectivity index (χ1v) is 5.42. The molecule has 0 aliphatic carbocycles. The lowest BCUT2D eigenvalue weighted by atomic mass is 9.86. The Bertz CT molecular complexity index is 299. The largest absolute Gasteiger partial charge is 0.207 e. The smallest absolute Gasteiger partial charge is 0.126 e. The number of halogens is 2. The fourth-order valence-electron chi connectivity index (χ4n) is 1.23. The van der Waals surface area contributed by atoms with Crippen LogP contribution in [0.4, 0.5) is 4.39 Å². The Balaban J connectivity index is 3.19. The minimum Gasteiger partial charge on any atom is -0.207 e. The van der Waals surface area contributed by atoms with E-state index in [0.717, 1.165) is 16.5 Å². The van der Waals surface area contributed by atoms with Gasteiger partial charge in [-0.1, -0.05) is 48.8 Å². The summed E-state index contributed by atoms with van der Waals surface area (Å²) in [5, 5.41) is 0.774. The van der Waals surface area contributed by atoms with Crippen molar-refractivity contribution in [2.45, 2.75) is 31.5 Å². The second-order valence-corrected chi connectivity index (χ2v) is 4.76. The fourth-order valence-corrected chi connectivity index (χ4v) is 1.58. The lowest BCUT2D eigenvalue weighted by Crippen LogP contribution is -2.13. The quantitative estimate of drug-likeness (QED) is 0.655. The van der Waals surface area contributed by atoms with Gasteiger partial charge in [0.25, 0.3) is 0 Å². The molecule has 0 amide bonds. The van der Waals surface area contributed by atoms with Gasteiger partial charge in [0.15, 0.2) is 0 Å². The van der Waals surface area contributed by atoms with Gasteiger partial charge in [-0.3, -0.25) is 0 Å². The second kappa shape index (κ2) is 3.79. The van der Waals surface area contributed by atoms with Crippen molar-refractivity contribution in [1.82, 2.24) is 0 Å². The molecule has 0 fully saturated rings. The normalized spacial score (nSPS) is 11.8. The monoisotopic (exact) mass is 244 g/mol. The van der Waals surface area contributed by atoms with Crippen molar-refractivity contribution >= 4 is 15.9 Å². The first kappa shape index (κ1) is 10.7. The van der Waals surface area contributed by atoms with Crippen LogP contribution in [0.1, 0.15) is 31.9 Å². The predicted octanol–water partition coefficient (Wildman–Crippen LogP) is 4.02. The van der Waals surface area contributed by atoms with E-state index in [4.69, 9.17) is 0 Å². The number of hydrogen-bond donors (Lipinski definition) is 0. The molecule has 0 heterocycles. The molecular formula is C11H14BrF. The van der Waals surface area contributed by atoms with Crippen LogP contribution >= 0.6 is 15.9 Å². The Kier molecular flexibility index (Phi) is 3.12. The second-order valence-electron chi connectivity index (χ2n) is 4.20. The van der Waals surface area contributed by atoms with E-state index in [1.165, 1.54) is 6.07 Å². The van der Waals surface area contributed by atoms with E-state index in [2.05, 4.69) is 15.9 Å². The molecule has 0 unspecified atom stereocenters. The lowest BCUT2D eigenvalue weighted by molar-refractivity contribution is 0.522. The zero-order chi connectivity index (χ0) is 10.1. The minimum atomic E-state index is -0.123. The summed E-state index contributed by atoms with van der Waals surface area (Å²) in [6.07, 6.45) is 0. The highest BCUT2D eigenvalue weighted by molar-refractivity contribution is 9.08. The van der Waals surface area contributed by atoms with E-state index in [0.29, 0.717) is 0 Å². The van der Waals surface area contributed by atoms with Gasteiger partial charge in [-0.15, -0.1) is 0 Å². The van der Waals surface area contributed by atoms with Crippen LogP contribution in [0.15, 0.2) is 18.2 Å². The highest BCUT2D eigenvalue weighted by atomic mass is 79.9. The average Bonchev–Trinajstić information content (AvgIpc) is 2.03. The Morgan fingerprint density at radius 3 is 2.38 bits per heavy atom. The Morgan fingerprint density at radius 2 is 1.92 bits per heavy atom. The van der Waals surface area contributed by atoms with Crippen LogP contribution in [0, 0.1) is 5.82 Å². The van der Waals surface area contributed by atoms with Crippen LogP contribution in [0.3, 0.4) is 0 Å². The van der Waals surface area contributed by atoms with E-state index in [-0.39, 0.29) is 11.2 Å². The summed E-state index contributed by atoms with van der Waals surface area (Å²) < 4.78 is 13.4. The molecule has 13 heavy (non-hydrogen) atoms. The summed E-state index contributed by atoms with van der Waals surface area (Å²) in [5.74, 6) is -0.114. The summed E-state index contributed by atoms with van der Waals surface area (Å²) in [6, 6.07) is 5.26. The average molecular weight is 245 g/mol. The van der Waals surface area contributed by atoms with Gasteiger partial charge in [0.2, 0.25) is 0 Å². The molecule has 1 aromatic carbocycles. The number of hydrogen-bond acceptors (Lipinski definition) is 0. The molecule has 72 valence electrons. The molecule has 0 N–H and O–H groups in total. The van der Waals surface area contributed by atoms with Crippen molar-refractivity contribution in [2.24, 2.45) is 0 Å². The highest BCUT2D eigenvalue weighted by Gasteiger charge is 2.18. The van der Waals surface area contributed by atoms with Crippen molar-refractivity contribution in [1.29, 1.82) is 0 Å². The van der Waals surface area contributed by atoms with Gasteiger partial charge in [-0.2, -0.15) is 0 Å². The highest BCUT2D eigenvalue weighted by Crippen LogP contribution is 2.26. The molecule has 1 rings (SSSR count). The van der Waals surface area contributed by atoms with Crippen LogP contribution in [-0.2, 0) is 10.7 Å². The predicted molar refractivity (Wildman–Crippen MR) is 57.7 cm³/mol. The molecule has 1 aromatic rings. The van der Waals surface area contributed by atoms with E-state index in [1.54, 1.807) is 6.07 Å². The summed E-state index contributed by atoms with van der Waals surface area (Å²) in [4.78, 5) is 0. The van der Waals surface area contributed by atoms with E-state index >= 15 is 0 Å². The van der Waals surface area contributed by atoms with Gasteiger partial charge in [0.05, 0.1) is 0 Å². The topological polar surface area (TPSA) is 0 Å². The zero-order valence-electron chi connectivity index (χ0n) is 8.20. The third-order valence-corrected chi connectivity index (χ3v) is 2.64. The molecule has 0 saturated carbocycles. The van der Waals surface area contributed by atoms with Gasteiger partial charge in [-0.25, -0.2) is 4.39 Å². The van der Waals surface area contributed by atoms with Crippen molar-refractivity contribution in [2.75, 3.05) is 0 Å². The summed E-state index contributed by atoms with van der Waals surface area (Å²) in [7, 11) is 0. The molecule has 0 saturated heterocycles. The van der Waals surface area contributed by atoms with Crippen LogP contribution in [-0.4, -0.2) is 0 Å². The van der Waals surface area contributed by atoms with Gasteiger partial charge in [0, 0.05) is 5.33 Å². The first-order valence-electron chi connectivity index (χ1n) is 4.30. The number of benzene rings is 1. The minimum absolute atomic E-state index is 0.114. The SMILES string of the molecule is CC(C)(C)c1cc(CBr)ccc1F. The maximum absolute atomic E-state index is 13.4. The fraction of sp³-hybridized carbons (Fsp3) is 0.455. The standard InChI is InChI=1S/C11H14BrF/c1-11(2,3)9-6-8(7-12)4-5-10(9)13/h4-6H,7H2,1-3H3. The molecule has 0 radical (unpaired) electrons. The zero-order valence-corrected chi connectivity index (χ0v) is 9.78. The van der Waals surface area contributed by atoms with E-state index < -0.39 is 0 Å². The number of rotatable bonds is 1. The van der Waals surface area contributed by atoms with Crippen LogP contribution in [0.5, 0.6) is 0 Å². The first-order chi connectivity index (χ1) is 5.95. The number of alkyl halides is 1. The molecule has 0 bridgehead atoms. The van der Waals surface area contributed by atoms with Gasteiger partial charge < -0.3 is 0 Å². The molecule has 0 aliphatic heterocycles. The summed E-state index contributed by atoms with van der Waals surface area (Å²) >= 11 is 3.36. The van der Waals surface area contributed by atoms with Crippen LogP contribution < -0.4 is 0 Å². The Labute approximate surface area is 87.3 Å². The molecular weight excluding hydrogens is 231 g/mol. The summed E-state index contributed by atoms with van der Waals surface area (Å²) in [6.45, 7) is 6.05. The summed E-state index contributed by atoms with van der Waals surface area (Å²) in [5.41, 5.74) is 1.78. The molecule has 0 aromatic heterocycles. The Hall–Kier alpha value is -0.370. The third kappa shape index (κ3) is 2.53. The van der Waals surface area contributed by atoms with Crippen LogP contribution in [0.25, 0.3) is 0 Å². The Morgan fingerprint density at radius 1 is 1.31 bits per heavy atom. The molecule has 0 nitrogen and oxygen atoms in total. The van der Waals surface area contributed by atoms with Gasteiger partial charge >= 0.3 is 0 Å². The molecule has 0 atom stereocenters.